The van der Waals surface area contributed by atoms with Gasteiger partial charge in [-0.25, -0.2) is 18.0 Å². The third-order valence-electron chi connectivity index (χ3n) is 8.43. The fraction of sp³-hybridized carbons (Fsp3) is 0.389. The molecule has 0 aliphatic carbocycles. The topological polar surface area (TPSA) is 121 Å². The molecule has 3 aromatic carbocycles. The van der Waals surface area contributed by atoms with Gasteiger partial charge in [0.15, 0.2) is 0 Å². The maximum atomic E-state index is 14.4. The Labute approximate surface area is 276 Å². The van der Waals surface area contributed by atoms with E-state index in [2.05, 4.69) is 4.90 Å². The number of para-hydroxylation sites is 1. The Morgan fingerprint density at radius 1 is 0.979 bits per heavy atom. The number of ether oxygens (including phenoxy) is 1. The molecule has 1 fully saturated rings. The highest BCUT2D eigenvalue weighted by atomic mass is 32.2. The zero-order valence-corrected chi connectivity index (χ0v) is 28.6. The molecule has 0 spiro atoms. The molecule has 2 heterocycles. The van der Waals surface area contributed by atoms with E-state index in [0.717, 1.165) is 16.8 Å². The predicted molar refractivity (Wildman–Crippen MR) is 181 cm³/mol. The maximum absolute atomic E-state index is 14.4. The van der Waals surface area contributed by atoms with Gasteiger partial charge in [0.1, 0.15) is 11.2 Å². The average molecular weight is 662 g/mol. The number of hydrogen-bond donors (Lipinski definition) is 1. The molecule has 1 aromatic heterocycles. The van der Waals surface area contributed by atoms with E-state index in [4.69, 9.17) is 9.15 Å². The summed E-state index contributed by atoms with van der Waals surface area (Å²) in [7, 11) is -4.04. The van der Waals surface area contributed by atoms with Crippen LogP contribution < -0.4 is 4.90 Å². The normalized spacial score (nSPS) is 17.3. The molecule has 1 N–H and O–H groups in total. The van der Waals surface area contributed by atoms with Crippen LogP contribution in [-0.2, 0) is 27.7 Å². The van der Waals surface area contributed by atoms with Gasteiger partial charge in [0.2, 0.25) is 15.8 Å². The number of aryl methyl sites for hydroxylation is 1. The van der Waals surface area contributed by atoms with Crippen LogP contribution in [0.1, 0.15) is 61.9 Å². The molecule has 0 saturated carbocycles. The van der Waals surface area contributed by atoms with Crippen molar-refractivity contribution in [1.29, 1.82) is 0 Å². The van der Waals surface area contributed by atoms with Gasteiger partial charge in [0.05, 0.1) is 17.0 Å². The predicted octanol–water partition coefficient (Wildman–Crippen LogP) is 6.71. The number of amides is 1. The van der Waals surface area contributed by atoms with Crippen LogP contribution in [-0.4, -0.2) is 72.1 Å². The van der Waals surface area contributed by atoms with Crippen LogP contribution in [0.2, 0.25) is 0 Å². The highest BCUT2D eigenvalue weighted by Crippen LogP contribution is 2.32. The van der Waals surface area contributed by atoms with Crippen molar-refractivity contribution >= 4 is 38.7 Å². The SMILES string of the molecule is Cc1c(C(=O)O)oc2ccc(S(=O)(=O)N(CCc3ccccc3)Cc3ccccc3N3CC(C)N(C(=O)OC(C)(C)C)C(C)C3)cc12. The van der Waals surface area contributed by atoms with Crippen LogP contribution in [0, 0.1) is 6.92 Å². The molecular formula is C36H43N3O7S. The lowest BCUT2D eigenvalue weighted by Crippen LogP contribution is -2.59. The van der Waals surface area contributed by atoms with E-state index in [1.807, 2.05) is 89.2 Å². The standard InChI is InChI=1S/C36H43N3O7S/c1-24-21-37(22-25(2)39(24)35(42)46-36(4,5)6)31-15-11-10-14-28(31)23-38(19-18-27-12-8-7-9-13-27)47(43,44)29-16-17-32-30(20-29)26(3)33(45-32)34(40)41/h7-17,20,24-25H,18-19,21-23H2,1-6H3,(H,40,41). The third-order valence-corrected chi connectivity index (χ3v) is 10.3. The number of rotatable bonds is 9. The van der Waals surface area contributed by atoms with Crippen molar-refractivity contribution in [3.05, 3.63) is 95.2 Å². The van der Waals surface area contributed by atoms with Crippen molar-refractivity contribution in [2.24, 2.45) is 0 Å². The van der Waals surface area contributed by atoms with Crippen molar-refractivity contribution in [2.45, 2.75) is 77.1 Å². The minimum absolute atomic E-state index is 0.0598. The van der Waals surface area contributed by atoms with E-state index in [-0.39, 0.29) is 41.9 Å². The number of carboxylic acid groups (broad SMARTS) is 1. The number of anilines is 1. The zero-order chi connectivity index (χ0) is 34.1. The Balaban J connectivity index is 1.47. The van der Waals surface area contributed by atoms with E-state index in [1.54, 1.807) is 11.8 Å². The lowest BCUT2D eigenvalue weighted by Gasteiger charge is -2.45. The number of fused-ring (bicyclic) bond motifs is 1. The first-order valence-corrected chi connectivity index (χ1v) is 17.2. The number of piperazine rings is 1. The van der Waals surface area contributed by atoms with Crippen molar-refractivity contribution < 1.29 is 32.3 Å². The minimum atomic E-state index is -4.04. The molecule has 2 atom stereocenters. The molecule has 0 bridgehead atoms. The number of nitrogens with zero attached hydrogens (tertiary/aromatic N) is 3. The number of aromatic carboxylic acids is 1. The van der Waals surface area contributed by atoms with E-state index in [9.17, 15) is 23.1 Å². The summed E-state index contributed by atoms with van der Waals surface area (Å²) in [6, 6.07) is 21.7. The Kier molecular flexibility index (Phi) is 9.70. The summed E-state index contributed by atoms with van der Waals surface area (Å²) >= 11 is 0. The van der Waals surface area contributed by atoms with Gasteiger partial charge < -0.3 is 19.2 Å². The van der Waals surface area contributed by atoms with Crippen LogP contribution in [0.15, 0.2) is 82.1 Å². The second-order valence-electron chi connectivity index (χ2n) is 13.2. The quantitative estimate of drug-likeness (QED) is 0.210. The van der Waals surface area contributed by atoms with E-state index in [0.29, 0.717) is 36.0 Å². The number of carboxylic acids is 1. The third kappa shape index (κ3) is 7.47. The average Bonchev–Trinajstić information content (AvgIpc) is 3.34. The van der Waals surface area contributed by atoms with Crippen molar-refractivity contribution in [3.8, 4) is 0 Å². The first-order valence-electron chi connectivity index (χ1n) is 15.8. The van der Waals surface area contributed by atoms with Crippen LogP contribution in [0.5, 0.6) is 0 Å². The van der Waals surface area contributed by atoms with E-state index >= 15 is 0 Å². The molecule has 1 aliphatic rings. The molecule has 11 heteroatoms. The summed E-state index contributed by atoms with van der Waals surface area (Å²) in [5.74, 6) is -1.42. The Morgan fingerprint density at radius 2 is 1.62 bits per heavy atom. The molecule has 10 nitrogen and oxygen atoms in total. The van der Waals surface area contributed by atoms with E-state index < -0.39 is 21.6 Å². The van der Waals surface area contributed by atoms with Gasteiger partial charge in [-0.05, 0) is 83.4 Å². The van der Waals surface area contributed by atoms with Gasteiger partial charge in [-0.1, -0.05) is 48.5 Å². The van der Waals surface area contributed by atoms with Gasteiger partial charge in [-0.15, -0.1) is 0 Å². The lowest BCUT2D eigenvalue weighted by atomic mass is 10.1. The maximum Gasteiger partial charge on any atom is 0.410 e. The Bertz CT molecular complexity index is 1850. The number of hydrogen-bond acceptors (Lipinski definition) is 7. The van der Waals surface area contributed by atoms with E-state index in [1.165, 1.54) is 22.5 Å². The molecule has 1 saturated heterocycles. The van der Waals surface area contributed by atoms with Gasteiger partial charge in [0, 0.05) is 42.8 Å². The Hall–Kier alpha value is -4.35. The molecule has 2 unspecified atom stereocenters. The van der Waals surface area contributed by atoms with Gasteiger partial charge in [-0.3, -0.25) is 4.90 Å². The first-order chi connectivity index (χ1) is 22.2. The second-order valence-corrected chi connectivity index (χ2v) is 15.2. The second kappa shape index (κ2) is 13.4. The molecule has 250 valence electrons. The number of carbonyl (C=O) groups excluding carboxylic acids is 1. The summed E-state index contributed by atoms with van der Waals surface area (Å²) in [5.41, 5.74) is 2.83. The smallest absolute Gasteiger partial charge is 0.410 e. The number of benzene rings is 3. The molecule has 1 aliphatic heterocycles. The molecule has 4 aromatic rings. The van der Waals surface area contributed by atoms with Crippen LogP contribution in [0.4, 0.5) is 10.5 Å². The summed E-state index contributed by atoms with van der Waals surface area (Å²) in [4.78, 5) is 28.8. The van der Waals surface area contributed by atoms with Gasteiger partial charge in [-0.2, -0.15) is 4.31 Å². The summed E-state index contributed by atoms with van der Waals surface area (Å²) in [6.45, 7) is 12.6. The molecule has 47 heavy (non-hydrogen) atoms. The van der Waals surface area contributed by atoms with Crippen molar-refractivity contribution in [1.82, 2.24) is 9.21 Å². The molecule has 0 radical (unpaired) electrons. The highest BCUT2D eigenvalue weighted by molar-refractivity contribution is 7.89. The highest BCUT2D eigenvalue weighted by Gasteiger charge is 2.36. The first kappa shape index (κ1) is 34.0. The summed E-state index contributed by atoms with van der Waals surface area (Å²) < 4.78 is 41.4. The van der Waals surface area contributed by atoms with Crippen LogP contribution in [0.3, 0.4) is 0 Å². The Morgan fingerprint density at radius 3 is 2.26 bits per heavy atom. The largest absolute Gasteiger partial charge is 0.475 e. The number of carbonyl (C=O) groups is 2. The summed E-state index contributed by atoms with van der Waals surface area (Å²) in [5, 5.41) is 9.97. The van der Waals surface area contributed by atoms with Gasteiger partial charge in [0.25, 0.3) is 0 Å². The monoisotopic (exact) mass is 661 g/mol. The fourth-order valence-electron chi connectivity index (χ4n) is 6.23. The van der Waals surface area contributed by atoms with Crippen molar-refractivity contribution in [2.75, 3.05) is 24.5 Å². The van der Waals surface area contributed by atoms with Crippen LogP contribution in [0.25, 0.3) is 11.0 Å². The van der Waals surface area contributed by atoms with Gasteiger partial charge >= 0.3 is 12.1 Å². The van der Waals surface area contributed by atoms with Crippen molar-refractivity contribution in [3.63, 3.8) is 0 Å². The summed E-state index contributed by atoms with van der Waals surface area (Å²) in [6.07, 6.45) is 0.157. The lowest BCUT2D eigenvalue weighted by molar-refractivity contribution is 0.00562. The molecule has 5 rings (SSSR count). The van der Waals surface area contributed by atoms with Crippen LogP contribution >= 0.6 is 0 Å². The fourth-order valence-corrected chi connectivity index (χ4v) is 7.68. The number of furan rings is 1. The zero-order valence-electron chi connectivity index (χ0n) is 27.8. The molecule has 1 amide bonds. The number of sulfonamides is 1. The molecular weight excluding hydrogens is 618 g/mol. The minimum Gasteiger partial charge on any atom is -0.475 e.